The number of allylic oxidation sites excluding steroid dienone is 1. The molecule has 5 rings (SSSR count). The number of carbonyl (C=O) groups is 1. The van der Waals surface area contributed by atoms with Gasteiger partial charge in [0, 0.05) is 21.4 Å². The number of aryl methyl sites for hydroxylation is 1. The van der Waals surface area contributed by atoms with Crippen LogP contribution in [0, 0.1) is 12.8 Å². The Balaban J connectivity index is 1.48. The minimum absolute atomic E-state index is 0.0667. The Morgan fingerprint density at radius 2 is 2.03 bits per heavy atom. The van der Waals surface area contributed by atoms with Crippen molar-refractivity contribution in [1.29, 1.82) is 0 Å². The number of hydrogen-bond acceptors (Lipinski definition) is 5. The van der Waals surface area contributed by atoms with E-state index in [9.17, 15) is 18.0 Å². The number of amides is 1. The summed E-state index contributed by atoms with van der Waals surface area (Å²) in [6, 6.07) is 8.69. The molecule has 0 unspecified atom stereocenters. The average Bonchev–Trinajstić information content (AvgIpc) is 3.54. The maximum absolute atomic E-state index is 13.4. The maximum atomic E-state index is 13.4. The average molecular weight is 491 g/mol. The molecule has 10 heteroatoms. The number of alkyl halides is 3. The van der Waals surface area contributed by atoms with Crippen LogP contribution in [-0.2, 0) is 17.5 Å². The Bertz CT molecular complexity index is 1210. The Morgan fingerprint density at radius 1 is 1.24 bits per heavy atom. The fraction of sp³-hybridized carbons (Fsp3) is 0.348. The van der Waals surface area contributed by atoms with E-state index in [0.29, 0.717) is 0 Å². The predicted molar refractivity (Wildman–Crippen MR) is 123 cm³/mol. The zero-order chi connectivity index (χ0) is 23.2. The van der Waals surface area contributed by atoms with Gasteiger partial charge in [-0.3, -0.25) is 9.48 Å². The minimum Gasteiger partial charge on any atom is -0.271 e. The fourth-order valence-electron chi connectivity index (χ4n) is 4.50. The third-order valence-corrected chi connectivity index (χ3v) is 7.77. The lowest BCUT2D eigenvalue weighted by Gasteiger charge is -2.28. The summed E-state index contributed by atoms with van der Waals surface area (Å²) in [5.74, 6) is -0.303. The Hall–Kier alpha value is -2.72. The maximum Gasteiger partial charge on any atom is 0.435 e. The number of hydrogen-bond donors (Lipinski definition) is 0. The van der Waals surface area contributed by atoms with Gasteiger partial charge >= 0.3 is 6.18 Å². The Labute approximate surface area is 196 Å². The molecule has 2 aliphatic rings. The third kappa shape index (κ3) is 4.29. The van der Waals surface area contributed by atoms with Crippen LogP contribution < -0.4 is 0 Å². The fourth-order valence-corrected chi connectivity index (χ4v) is 6.06. The second kappa shape index (κ2) is 8.57. The zero-order valence-electron chi connectivity index (χ0n) is 17.7. The van der Waals surface area contributed by atoms with Crippen LogP contribution in [0.1, 0.15) is 46.4 Å². The lowest BCUT2D eigenvalue weighted by molar-refractivity contribution is -0.142. The number of halogens is 3. The van der Waals surface area contributed by atoms with Crippen molar-refractivity contribution in [2.75, 3.05) is 0 Å². The number of carbonyl (C=O) groups excluding carboxylic acids is 1. The highest BCUT2D eigenvalue weighted by molar-refractivity contribution is 7.11. The molecule has 0 aromatic carbocycles. The van der Waals surface area contributed by atoms with E-state index < -0.39 is 11.9 Å². The van der Waals surface area contributed by atoms with Gasteiger partial charge in [-0.15, -0.1) is 22.7 Å². The molecule has 0 N–H and O–H groups in total. The molecule has 2 atom stereocenters. The first-order valence-electron chi connectivity index (χ1n) is 10.6. The van der Waals surface area contributed by atoms with Gasteiger partial charge < -0.3 is 0 Å². The standard InChI is InChI=1S/C23H21F3N4OS2/c1-14-11-19(23(24,25)26)27-29(14)13-20(31)30-22(18-8-4-10-33-18)17-7-2-5-15(21(17)28-30)12-16-6-3-9-32-16/h3-4,6,8-12,17,22H,2,5,7,13H2,1H3/b15-12-/t17-,22+/m0/s1. The van der Waals surface area contributed by atoms with E-state index >= 15 is 0 Å². The van der Waals surface area contributed by atoms with E-state index in [-0.39, 0.29) is 30.1 Å². The summed E-state index contributed by atoms with van der Waals surface area (Å²) in [5.41, 5.74) is 1.32. The Kier molecular flexibility index (Phi) is 5.74. The van der Waals surface area contributed by atoms with E-state index in [1.807, 2.05) is 29.0 Å². The minimum atomic E-state index is -4.55. The molecule has 1 fully saturated rings. The number of rotatable bonds is 4. The summed E-state index contributed by atoms with van der Waals surface area (Å²) in [4.78, 5) is 15.5. The molecule has 33 heavy (non-hydrogen) atoms. The highest BCUT2D eigenvalue weighted by Crippen LogP contribution is 2.45. The van der Waals surface area contributed by atoms with Crippen LogP contribution in [0.5, 0.6) is 0 Å². The van der Waals surface area contributed by atoms with Crippen LogP contribution in [-0.4, -0.2) is 26.4 Å². The highest BCUT2D eigenvalue weighted by Gasteiger charge is 2.44. The van der Waals surface area contributed by atoms with Gasteiger partial charge in [-0.1, -0.05) is 12.1 Å². The quantitative estimate of drug-likeness (QED) is 0.440. The Morgan fingerprint density at radius 3 is 2.70 bits per heavy atom. The second-order valence-corrected chi connectivity index (χ2v) is 10.2. The van der Waals surface area contributed by atoms with Crippen LogP contribution in [0.4, 0.5) is 13.2 Å². The monoisotopic (exact) mass is 490 g/mol. The summed E-state index contributed by atoms with van der Waals surface area (Å²) in [6.07, 6.45) is 0.384. The largest absolute Gasteiger partial charge is 0.435 e. The molecule has 0 radical (unpaired) electrons. The summed E-state index contributed by atoms with van der Waals surface area (Å²) in [5, 5.41) is 13.9. The van der Waals surface area contributed by atoms with E-state index in [1.54, 1.807) is 22.7 Å². The molecule has 0 spiro atoms. The predicted octanol–water partition coefficient (Wildman–Crippen LogP) is 6.16. The molecule has 0 bridgehead atoms. The topological polar surface area (TPSA) is 50.5 Å². The molecule has 1 aliphatic carbocycles. The van der Waals surface area contributed by atoms with Crippen molar-refractivity contribution in [3.05, 3.63) is 67.8 Å². The molecular weight excluding hydrogens is 469 g/mol. The summed E-state index contributed by atoms with van der Waals surface area (Å²) < 4.78 is 40.3. The van der Waals surface area contributed by atoms with Crippen LogP contribution >= 0.6 is 22.7 Å². The van der Waals surface area contributed by atoms with E-state index in [2.05, 4.69) is 17.2 Å². The molecule has 1 amide bonds. The van der Waals surface area contributed by atoms with Gasteiger partial charge in [0.25, 0.3) is 5.91 Å². The molecule has 1 saturated carbocycles. The summed E-state index contributed by atoms with van der Waals surface area (Å²) >= 11 is 3.22. The van der Waals surface area contributed by atoms with Gasteiger partial charge in [0.1, 0.15) is 6.54 Å². The molecule has 0 saturated heterocycles. The normalized spacial score (nSPS) is 22.0. The number of aromatic nitrogens is 2. The van der Waals surface area contributed by atoms with Gasteiger partial charge in [0.15, 0.2) is 5.69 Å². The number of thiophene rings is 2. The molecule has 3 aromatic rings. The van der Waals surface area contributed by atoms with Crippen molar-refractivity contribution in [2.45, 2.75) is 44.9 Å². The van der Waals surface area contributed by atoms with Gasteiger partial charge in [-0.2, -0.15) is 23.4 Å². The number of nitrogens with zero attached hydrogens (tertiary/aromatic N) is 4. The highest BCUT2D eigenvalue weighted by atomic mass is 32.1. The summed E-state index contributed by atoms with van der Waals surface area (Å²) in [6.45, 7) is 1.22. The van der Waals surface area contributed by atoms with E-state index in [4.69, 9.17) is 5.10 Å². The molecular formula is C23H21F3N4OS2. The molecule has 3 aromatic heterocycles. The third-order valence-electron chi connectivity index (χ3n) is 6.01. The van der Waals surface area contributed by atoms with Crippen molar-refractivity contribution >= 4 is 40.4 Å². The van der Waals surface area contributed by atoms with Crippen molar-refractivity contribution < 1.29 is 18.0 Å². The van der Waals surface area contributed by atoms with Crippen molar-refractivity contribution in [1.82, 2.24) is 14.8 Å². The van der Waals surface area contributed by atoms with E-state index in [0.717, 1.165) is 51.0 Å². The first kappa shape index (κ1) is 22.1. The van der Waals surface area contributed by atoms with Crippen LogP contribution in [0.15, 0.2) is 51.8 Å². The first-order valence-corrected chi connectivity index (χ1v) is 12.4. The second-order valence-electron chi connectivity index (χ2n) is 8.19. The van der Waals surface area contributed by atoms with E-state index in [1.165, 1.54) is 11.9 Å². The van der Waals surface area contributed by atoms with Crippen LogP contribution in [0.2, 0.25) is 0 Å². The smallest absolute Gasteiger partial charge is 0.271 e. The van der Waals surface area contributed by atoms with Gasteiger partial charge in [-0.25, -0.2) is 5.01 Å². The molecule has 4 heterocycles. The summed E-state index contributed by atoms with van der Waals surface area (Å²) in [7, 11) is 0. The van der Waals surface area contributed by atoms with Crippen molar-refractivity contribution in [3.63, 3.8) is 0 Å². The lowest BCUT2D eigenvalue weighted by atomic mass is 9.79. The zero-order valence-corrected chi connectivity index (χ0v) is 19.4. The number of fused-ring (bicyclic) bond motifs is 1. The molecule has 5 nitrogen and oxygen atoms in total. The van der Waals surface area contributed by atoms with Crippen molar-refractivity contribution in [2.24, 2.45) is 11.0 Å². The number of hydrazone groups is 1. The SMILES string of the molecule is Cc1cc(C(F)(F)F)nn1CC(=O)N1N=C2/C(=C\c3cccs3)CCC[C@@H]2[C@@H]1c1cccs1. The lowest BCUT2D eigenvalue weighted by Crippen LogP contribution is -2.33. The van der Waals surface area contributed by atoms with Gasteiger partial charge in [0.05, 0.1) is 11.8 Å². The molecule has 172 valence electrons. The van der Waals surface area contributed by atoms with Crippen molar-refractivity contribution in [3.8, 4) is 0 Å². The van der Waals surface area contributed by atoms with Gasteiger partial charge in [-0.05, 0) is 66.8 Å². The van der Waals surface area contributed by atoms with Crippen LogP contribution in [0.25, 0.3) is 6.08 Å². The van der Waals surface area contributed by atoms with Crippen LogP contribution in [0.3, 0.4) is 0 Å². The van der Waals surface area contributed by atoms with Gasteiger partial charge in [0.2, 0.25) is 0 Å². The molecule has 1 aliphatic heterocycles. The first-order chi connectivity index (χ1) is 15.8.